The van der Waals surface area contributed by atoms with Crippen LogP contribution in [0.15, 0.2) is 35.2 Å². The fourth-order valence-electron chi connectivity index (χ4n) is 3.03. The van der Waals surface area contributed by atoms with Gasteiger partial charge in [-0.1, -0.05) is 25.4 Å². The van der Waals surface area contributed by atoms with Crippen LogP contribution in [0.5, 0.6) is 11.5 Å². The Labute approximate surface area is 166 Å². The van der Waals surface area contributed by atoms with Crippen LogP contribution in [0.2, 0.25) is 5.02 Å². The predicted octanol–water partition coefficient (Wildman–Crippen LogP) is 4.83. The zero-order valence-electron chi connectivity index (χ0n) is 16.5. The third-order valence-electron chi connectivity index (χ3n) is 4.45. The van der Waals surface area contributed by atoms with Crippen molar-refractivity contribution in [1.29, 1.82) is 0 Å². The summed E-state index contributed by atoms with van der Waals surface area (Å²) in [4.78, 5) is 0.0135. The molecule has 5 nitrogen and oxygen atoms in total. The van der Waals surface area contributed by atoms with Crippen molar-refractivity contribution in [3.8, 4) is 11.5 Å². The summed E-state index contributed by atoms with van der Waals surface area (Å²) in [5.41, 5.74) is 2.87. The van der Waals surface area contributed by atoms with Crippen molar-refractivity contribution in [1.82, 2.24) is 4.72 Å². The van der Waals surface area contributed by atoms with E-state index in [1.54, 1.807) is 13.2 Å². The maximum absolute atomic E-state index is 12.9. The van der Waals surface area contributed by atoms with Crippen LogP contribution in [-0.2, 0) is 10.0 Å². The lowest BCUT2D eigenvalue weighted by Gasteiger charge is -2.21. The summed E-state index contributed by atoms with van der Waals surface area (Å²) in [7, 11) is -0.768. The Kier molecular flexibility index (Phi) is 6.78. The van der Waals surface area contributed by atoms with Gasteiger partial charge >= 0.3 is 0 Å². The quantitative estimate of drug-likeness (QED) is 0.708. The molecule has 2 aromatic carbocycles. The number of rotatable bonds is 7. The van der Waals surface area contributed by atoms with Crippen molar-refractivity contribution >= 4 is 21.6 Å². The Bertz CT molecular complexity index is 926. The Morgan fingerprint density at radius 3 is 2.15 bits per heavy atom. The molecule has 27 heavy (non-hydrogen) atoms. The second kappa shape index (κ2) is 8.50. The highest BCUT2D eigenvalue weighted by Gasteiger charge is 2.24. The molecule has 2 aromatic rings. The molecule has 0 spiro atoms. The second-order valence-electron chi connectivity index (χ2n) is 6.74. The standard InChI is InChI=1S/C20H26ClNO4S/c1-12(2)16-11-17(13(3)9-19(16)26-6)14(4)22-27(23,24)20-10-15(21)7-8-18(20)25-5/h7-12,14,22H,1-6H3/t14-/m0/s1. The summed E-state index contributed by atoms with van der Waals surface area (Å²) in [5.74, 6) is 1.29. The zero-order chi connectivity index (χ0) is 20.4. The van der Waals surface area contributed by atoms with E-state index in [1.807, 2.05) is 26.0 Å². The molecule has 0 heterocycles. The highest BCUT2D eigenvalue weighted by Crippen LogP contribution is 2.33. The molecule has 7 heteroatoms. The van der Waals surface area contributed by atoms with Crippen molar-refractivity contribution in [2.75, 3.05) is 14.2 Å². The van der Waals surface area contributed by atoms with Gasteiger partial charge in [-0.3, -0.25) is 0 Å². The first-order valence-corrected chi connectivity index (χ1v) is 10.5. The van der Waals surface area contributed by atoms with Crippen molar-refractivity contribution in [2.45, 2.75) is 44.6 Å². The van der Waals surface area contributed by atoms with E-state index < -0.39 is 16.1 Å². The van der Waals surface area contributed by atoms with E-state index in [9.17, 15) is 8.42 Å². The smallest absolute Gasteiger partial charge is 0.244 e. The Morgan fingerprint density at radius 1 is 0.963 bits per heavy atom. The van der Waals surface area contributed by atoms with E-state index >= 15 is 0 Å². The van der Waals surface area contributed by atoms with Crippen molar-refractivity contribution in [2.24, 2.45) is 0 Å². The van der Waals surface area contributed by atoms with E-state index in [0.717, 1.165) is 22.4 Å². The number of aryl methyl sites for hydroxylation is 1. The van der Waals surface area contributed by atoms with Gasteiger partial charge in [-0.25, -0.2) is 13.1 Å². The molecule has 0 saturated carbocycles. The number of halogens is 1. The monoisotopic (exact) mass is 411 g/mol. The summed E-state index contributed by atoms with van der Waals surface area (Å²) in [5, 5.41) is 0.326. The molecule has 1 atom stereocenters. The Balaban J connectivity index is 2.43. The van der Waals surface area contributed by atoms with Gasteiger partial charge in [0, 0.05) is 11.1 Å². The zero-order valence-corrected chi connectivity index (χ0v) is 18.0. The molecule has 0 amide bonds. The average Bonchev–Trinajstić information content (AvgIpc) is 2.60. The fraction of sp³-hybridized carbons (Fsp3) is 0.400. The van der Waals surface area contributed by atoms with E-state index in [2.05, 4.69) is 18.6 Å². The Morgan fingerprint density at radius 2 is 1.59 bits per heavy atom. The van der Waals surface area contributed by atoms with Gasteiger partial charge in [0.15, 0.2) is 0 Å². The third kappa shape index (κ3) is 4.75. The van der Waals surface area contributed by atoms with Crippen LogP contribution in [0.4, 0.5) is 0 Å². The first-order valence-electron chi connectivity index (χ1n) is 8.65. The van der Waals surface area contributed by atoms with E-state index in [4.69, 9.17) is 21.1 Å². The average molecular weight is 412 g/mol. The lowest BCUT2D eigenvalue weighted by atomic mass is 9.94. The molecule has 0 fully saturated rings. The van der Waals surface area contributed by atoms with Crippen LogP contribution in [0.25, 0.3) is 0 Å². The number of nitrogens with one attached hydrogen (secondary N) is 1. The molecule has 0 saturated heterocycles. The van der Waals surface area contributed by atoms with Gasteiger partial charge in [0.05, 0.1) is 14.2 Å². The van der Waals surface area contributed by atoms with E-state index in [1.165, 1.54) is 19.2 Å². The van der Waals surface area contributed by atoms with Crippen LogP contribution < -0.4 is 14.2 Å². The van der Waals surface area contributed by atoms with Crippen molar-refractivity contribution in [3.05, 3.63) is 52.0 Å². The van der Waals surface area contributed by atoms with Gasteiger partial charge in [0.2, 0.25) is 10.0 Å². The van der Waals surface area contributed by atoms with Crippen molar-refractivity contribution < 1.29 is 17.9 Å². The molecule has 0 aromatic heterocycles. The first-order chi connectivity index (χ1) is 12.6. The van der Waals surface area contributed by atoms with E-state index in [-0.39, 0.29) is 16.6 Å². The highest BCUT2D eigenvalue weighted by atomic mass is 35.5. The second-order valence-corrected chi connectivity index (χ2v) is 8.86. The summed E-state index contributed by atoms with van der Waals surface area (Å²) < 4.78 is 39.2. The van der Waals surface area contributed by atoms with Crippen LogP contribution in [-0.4, -0.2) is 22.6 Å². The van der Waals surface area contributed by atoms with Crippen LogP contribution >= 0.6 is 11.6 Å². The van der Waals surface area contributed by atoms with Crippen LogP contribution in [0.3, 0.4) is 0 Å². The number of benzene rings is 2. The molecule has 0 radical (unpaired) electrons. The third-order valence-corrected chi connectivity index (χ3v) is 6.25. The van der Waals surface area contributed by atoms with Gasteiger partial charge in [-0.05, 0) is 66.8 Å². The minimum absolute atomic E-state index is 0.0135. The maximum Gasteiger partial charge on any atom is 0.244 e. The first kappa shape index (κ1) is 21.5. The minimum Gasteiger partial charge on any atom is -0.496 e. The van der Waals surface area contributed by atoms with Gasteiger partial charge in [0.25, 0.3) is 0 Å². The number of methoxy groups -OCH3 is 2. The SMILES string of the molecule is COc1cc(C)c([C@H](C)NS(=O)(=O)c2cc(Cl)ccc2OC)cc1C(C)C. The molecule has 2 rings (SSSR count). The van der Waals surface area contributed by atoms with Crippen LogP contribution in [0, 0.1) is 6.92 Å². The molecule has 0 unspecified atom stereocenters. The van der Waals surface area contributed by atoms with Gasteiger partial charge < -0.3 is 9.47 Å². The topological polar surface area (TPSA) is 64.6 Å². The largest absolute Gasteiger partial charge is 0.496 e. The molecular formula is C20H26ClNO4S. The highest BCUT2D eigenvalue weighted by molar-refractivity contribution is 7.89. The summed E-state index contributed by atoms with van der Waals surface area (Å²) in [6.07, 6.45) is 0. The lowest BCUT2D eigenvalue weighted by Crippen LogP contribution is -2.28. The van der Waals surface area contributed by atoms with Crippen LogP contribution in [0.1, 0.15) is 49.4 Å². The fourth-order valence-corrected chi connectivity index (χ4v) is 4.69. The number of hydrogen-bond donors (Lipinski definition) is 1. The minimum atomic E-state index is -3.83. The number of ether oxygens (including phenoxy) is 2. The molecule has 0 aliphatic rings. The molecule has 148 valence electrons. The summed E-state index contributed by atoms with van der Waals surface area (Å²) in [6.45, 7) is 7.89. The lowest BCUT2D eigenvalue weighted by molar-refractivity contribution is 0.402. The van der Waals surface area contributed by atoms with Gasteiger partial charge in [-0.15, -0.1) is 0 Å². The van der Waals surface area contributed by atoms with E-state index in [0.29, 0.717) is 5.02 Å². The number of hydrogen-bond acceptors (Lipinski definition) is 4. The molecule has 0 aliphatic carbocycles. The molecular weight excluding hydrogens is 386 g/mol. The summed E-state index contributed by atoms with van der Waals surface area (Å²) in [6, 6.07) is 8.01. The molecule has 0 aliphatic heterocycles. The molecule has 1 N–H and O–H groups in total. The predicted molar refractivity (Wildman–Crippen MR) is 109 cm³/mol. The maximum atomic E-state index is 12.9. The molecule has 0 bridgehead atoms. The van der Waals surface area contributed by atoms with Crippen molar-refractivity contribution in [3.63, 3.8) is 0 Å². The number of sulfonamides is 1. The Hall–Kier alpha value is -1.76. The van der Waals surface area contributed by atoms with Gasteiger partial charge in [0.1, 0.15) is 16.4 Å². The van der Waals surface area contributed by atoms with Gasteiger partial charge in [-0.2, -0.15) is 0 Å². The summed E-state index contributed by atoms with van der Waals surface area (Å²) >= 11 is 5.99. The normalized spacial score (nSPS) is 12.9.